The predicted molar refractivity (Wildman–Crippen MR) is 66.5 cm³/mol. The maximum Gasteiger partial charge on any atom is 0.249 e. The minimum atomic E-state index is -0.199. The largest absolute Gasteiger partial charge is 0.368 e. The summed E-state index contributed by atoms with van der Waals surface area (Å²) in [5.74, 6) is 1.23. The molecule has 4 nitrogen and oxygen atoms in total. The number of hydrogen-bond donors (Lipinski definition) is 2. The first-order valence-corrected chi connectivity index (χ1v) is 6.90. The first-order valence-electron chi connectivity index (χ1n) is 6.90. The lowest BCUT2D eigenvalue weighted by Crippen LogP contribution is -2.40. The molecule has 3 N–H and O–H groups in total. The molecule has 1 aliphatic carbocycles. The first kappa shape index (κ1) is 12.8. The quantitative estimate of drug-likeness (QED) is 0.772. The van der Waals surface area contributed by atoms with Gasteiger partial charge in [-0.3, -0.25) is 4.79 Å². The zero-order valence-electron chi connectivity index (χ0n) is 10.5. The van der Waals surface area contributed by atoms with Crippen molar-refractivity contribution < 1.29 is 9.53 Å². The van der Waals surface area contributed by atoms with Crippen LogP contribution in [0.1, 0.15) is 38.5 Å². The maximum absolute atomic E-state index is 11.8. The van der Waals surface area contributed by atoms with Gasteiger partial charge in [0.05, 0.1) is 0 Å². The average molecular weight is 240 g/mol. The van der Waals surface area contributed by atoms with E-state index in [9.17, 15) is 4.79 Å². The van der Waals surface area contributed by atoms with Gasteiger partial charge in [0.15, 0.2) is 0 Å². The van der Waals surface area contributed by atoms with Gasteiger partial charge in [0.25, 0.3) is 0 Å². The van der Waals surface area contributed by atoms with E-state index in [0.29, 0.717) is 11.8 Å². The van der Waals surface area contributed by atoms with E-state index in [1.54, 1.807) is 0 Å². The molecule has 4 heteroatoms. The number of amides is 1. The van der Waals surface area contributed by atoms with Crippen LogP contribution < -0.4 is 11.1 Å². The van der Waals surface area contributed by atoms with Crippen LogP contribution in [-0.2, 0) is 9.53 Å². The molecule has 0 aromatic heterocycles. The molecule has 1 saturated heterocycles. The topological polar surface area (TPSA) is 64.3 Å². The van der Waals surface area contributed by atoms with Crippen molar-refractivity contribution in [3.8, 4) is 0 Å². The van der Waals surface area contributed by atoms with Crippen LogP contribution in [0.2, 0.25) is 0 Å². The fraction of sp³-hybridized carbons (Fsp3) is 0.923. The number of nitrogens with one attached hydrogen (secondary N) is 1. The van der Waals surface area contributed by atoms with Crippen LogP contribution in [0.5, 0.6) is 0 Å². The lowest BCUT2D eigenvalue weighted by Gasteiger charge is -2.31. The van der Waals surface area contributed by atoms with Gasteiger partial charge in [0.1, 0.15) is 6.10 Å². The van der Waals surface area contributed by atoms with E-state index in [1.165, 1.54) is 25.7 Å². The van der Waals surface area contributed by atoms with Crippen molar-refractivity contribution in [2.45, 2.75) is 44.6 Å². The molecular weight excluding hydrogens is 216 g/mol. The Hall–Kier alpha value is -0.610. The third kappa shape index (κ3) is 3.42. The van der Waals surface area contributed by atoms with Gasteiger partial charge in [0, 0.05) is 13.2 Å². The van der Waals surface area contributed by atoms with Crippen molar-refractivity contribution >= 4 is 5.91 Å². The Bertz CT molecular complexity index is 252. The highest BCUT2D eigenvalue weighted by molar-refractivity contribution is 5.80. The molecule has 0 aromatic rings. The van der Waals surface area contributed by atoms with Crippen LogP contribution in [0, 0.1) is 11.8 Å². The third-order valence-electron chi connectivity index (χ3n) is 4.13. The van der Waals surface area contributed by atoms with E-state index >= 15 is 0 Å². The molecule has 17 heavy (non-hydrogen) atoms. The number of carbonyl (C=O) groups excluding carboxylic acids is 1. The summed E-state index contributed by atoms with van der Waals surface area (Å²) in [6.45, 7) is 2.26. The number of hydrogen-bond acceptors (Lipinski definition) is 3. The van der Waals surface area contributed by atoms with E-state index in [1.807, 2.05) is 0 Å². The van der Waals surface area contributed by atoms with Gasteiger partial charge < -0.3 is 15.8 Å². The summed E-state index contributed by atoms with van der Waals surface area (Å²) in [5.41, 5.74) is 5.78. The van der Waals surface area contributed by atoms with Crippen LogP contribution in [0.4, 0.5) is 0 Å². The maximum atomic E-state index is 11.8. The normalized spacial score (nSPS) is 33.6. The Morgan fingerprint density at radius 2 is 1.94 bits per heavy atom. The molecule has 0 aromatic carbocycles. The van der Waals surface area contributed by atoms with Gasteiger partial charge in [-0.05, 0) is 44.1 Å². The third-order valence-corrected chi connectivity index (χ3v) is 4.13. The Labute approximate surface area is 103 Å². The Kier molecular flexibility index (Phi) is 4.80. The summed E-state index contributed by atoms with van der Waals surface area (Å²) in [6.07, 6.45) is 6.67. The van der Waals surface area contributed by atoms with Gasteiger partial charge in [-0.2, -0.15) is 0 Å². The van der Waals surface area contributed by atoms with Crippen molar-refractivity contribution in [1.82, 2.24) is 5.32 Å². The van der Waals surface area contributed by atoms with E-state index in [-0.39, 0.29) is 12.0 Å². The predicted octanol–water partition coefficient (Wildman–Crippen LogP) is 1.05. The second-order valence-electron chi connectivity index (χ2n) is 5.29. The Morgan fingerprint density at radius 1 is 1.18 bits per heavy atom. The molecule has 3 unspecified atom stereocenters. The summed E-state index contributed by atoms with van der Waals surface area (Å²) in [7, 11) is 0. The van der Waals surface area contributed by atoms with Crippen molar-refractivity contribution in [3.63, 3.8) is 0 Å². The van der Waals surface area contributed by atoms with E-state index < -0.39 is 0 Å². The SMILES string of the molecule is NCC1CCCCC1CNC(=O)C1CCCO1. The minimum Gasteiger partial charge on any atom is -0.368 e. The average Bonchev–Trinajstić information content (AvgIpc) is 2.90. The summed E-state index contributed by atoms with van der Waals surface area (Å²) >= 11 is 0. The van der Waals surface area contributed by atoms with Crippen LogP contribution in [0.25, 0.3) is 0 Å². The summed E-state index contributed by atoms with van der Waals surface area (Å²) in [6, 6.07) is 0. The molecule has 98 valence electrons. The summed E-state index contributed by atoms with van der Waals surface area (Å²) < 4.78 is 5.37. The second-order valence-corrected chi connectivity index (χ2v) is 5.29. The standard InChI is InChI=1S/C13H24N2O2/c14-8-10-4-1-2-5-11(10)9-15-13(16)12-6-3-7-17-12/h10-12H,1-9,14H2,(H,15,16). The van der Waals surface area contributed by atoms with Crippen molar-refractivity contribution in [1.29, 1.82) is 0 Å². The first-order chi connectivity index (χ1) is 8.31. The van der Waals surface area contributed by atoms with Crippen LogP contribution in [0.15, 0.2) is 0 Å². The Morgan fingerprint density at radius 3 is 2.59 bits per heavy atom. The highest BCUT2D eigenvalue weighted by Gasteiger charge is 2.27. The lowest BCUT2D eigenvalue weighted by atomic mass is 9.79. The van der Waals surface area contributed by atoms with Gasteiger partial charge in [0.2, 0.25) is 5.91 Å². The fourth-order valence-corrected chi connectivity index (χ4v) is 2.99. The molecule has 0 radical (unpaired) electrons. The van der Waals surface area contributed by atoms with Crippen molar-refractivity contribution in [2.24, 2.45) is 17.6 Å². The Balaban J connectivity index is 1.74. The molecule has 0 spiro atoms. The van der Waals surface area contributed by atoms with E-state index in [0.717, 1.165) is 32.5 Å². The van der Waals surface area contributed by atoms with Crippen molar-refractivity contribution in [3.05, 3.63) is 0 Å². The van der Waals surface area contributed by atoms with E-state index in [2.05, 4.69) is 5.32 Å². The monoisotopic (exact) mass is 240 g/mol. The molecule has 1 aliphatic heterocycles. The molecule has 1 amide bonds. The zero-order valence-corrected chi connectivity index (χ0v) is 10.5. The lowest BCUT2D eigenvalue weighted by molar-refractivity contribution is -0.130. The number of nitrogens with two attached hydrogens (primary N) is 1. The molecule has 1 saturated carbocycles. The molecule has 3 atom stereocenters. The van der Waals surface area contributed by atoms with Gasteiger partial charge in [-0.25, -0.2) is 0 Å². The van der Waals surface area contributed by atoms with Crippen molar-refractivity contribution in [2.75, 3.05) is 19.7 Å². The van der Waals surface area contributed by atoms with Gasteiger partial charge >= 0.3 is 0 Å². The van der Waals surface area contributed by atoms with Gasteiger partial charge in [-0.1, -0.05) is 12.8 Å². The highest BCUT2D eigenvalue weighted by Crippen LogP contribution is 2.28. The molecule has 1 heterocycles. The smallest absolute Gasteiger partial charge is 0.249 e. The molecular formula is C13H24N2O2. The number of ether oxygens (including phenoxy) is 1. The zero-order chi connectivity index (χ0) is 12.1. The fourth-order valence-electron chi connectivity index (χ4n) is 2.99. The molecule has 2 fully saturated rings. The van der Waals surface area contributed by atoms with Crippen LogP contribution in [-0.4, -0.2) is 31.7 Å². The summed E-state index contributed by atoms with van der Waals surface area (Å²) in [5, 5.41) is 3.04. The second kappa shape index (κ2) is 6.36. The van der Waals surface area contributed by atoms with Crippen LogP contribution in [0.3, 0.4) is 0 Å². The number of carbonyl (C=O) groups is 1. The molecule has 0 bridgehead atoms. The minimum absolute atomic E-state index is 0.0730. The van der Waals surface area contributed by atoms with Gasteiger partial charge in [-0.15, -0.1) is 0 Å². The molecule has 2 rings (SSSR count). The highest BCUT2D eigenvalue weighted by atomic mass is 16.5. The molecule has 2 aliphatic rings. The number of rotatable bonds is 4. The van der Waals surface area contributed by atoms with Crippen LogP contribution >= 0.6 is 0 Å². The van der Waals surface area contributed by atoms with E-state index in [4.69, 9.17) is 10.5 Å². The summed E-state index contributed by atoms with van der Waals surface area (Å²) in [4.78, 5) is 11.8.